The maximum absolute atomic E-state index is 13.4. The lowest BCUT2D eigenvalue weighted by atomic mass is 9.79. The van der Waals surface area contributed by atoms with Gasteiger partial charge in [0.15, 0.2) is 0 Å². The summed E-state index contributed by atoms with van der Waals surface area (Å²) in [6, 6.07) is 12.0. The molecule has 2 aliphatic rings. The summed E-state index contributed by atoms with van der Waals surface area (Å²) >= 11 is 0. The maximum Gasteiger partial charge on any atom is 0.307 e. The van der Waals surface area contributed by atoms with Gasteiger partial charge in [0, 0.05) is 14.0 Å². The van der Waals surface area contributed by atoms with Crippen LogP contribution < -0.4 is 5.32 Å². The molecule has 4 rings (SSSR count). The zero-order valence-electron chi connectivity index (χ0n) is 18.0. The highest BCUT2D eigenvalue weighted by Crippen LogP contribution is 2.44. The number of aryl methyl sites for hydroxylation is 1. The van der Waals surface area contributed by atoms with Crippen LogP contribution in [0.3, 0.4) is 0 Å². The Morgan fingerprint density at radius 3 is 2.35 bits per heavy atom. The molecule has 6 heteroatoms. The molecule has 1 spiro atoms. The number of esters is 1. The van der Waals surface area contributed by atoms with Crippen LogP contribution in [0.15, 0.2) is 48.2 Å². The maximum atomic E-state index is 13.4. The van der Waals surface area contributed by atoms with Gasteiger partial charge in [0.05, 0.1) is 17.2 Å². The standard InChI is InChI=1S/C25H26FNO4/c1-15-4-5-18(17-6-8-19(26)9-7-17)14-21(15)22-23(31-16(2)28)25(27-24(22)29)12-10-20(30-3)11-13-25/h4-9,14,20H,10-13H2,1-3H3,(H,27,29)/t20-,25+. The highest BCUT2D eigenvalue weighted by molar-refractivity contribution is 6.24. The zero-order valence-corrected chi connectivity index (χ0v) is 18.0. The summed E-state index contributed by atoms with van der Waals surface area (Å²) in [6.45, 7) is 3.27. The van der Waals surface area contributed by atoms with Gasteiger partial charge in [-0.2, -0.15) is 0 Å². The summed E-state index contributed by atoms with van der Waals surface area (Å²) in [7, 11) is 1.69. The third kappa shape index (κ3) is 4.00. The fourth-order valence-electron chi connectivity index (χ4n) is 4.60. The number of halogens is 1. The SMILES string of the molecule is CO[C@H]1CC[C@]2(CC1)NC(=O)C(c1cc(-c3ccc(F)cc3)ccc1C)=C2OC(C)=O. The van der Waals surface area contributed by atoms with Gasteiger partial charge in [0.2, 0.25) is 0 Å². The lowest BCUT2D eigenvalue weighted by Crippen LogP contribution is -2.49. The smallest absolute Gasteiger partial charge is 0.307 e. The average Bonchev–Trinajstić information content (AvgIpc) is 3.00. The van der Waals surface area contributed by atoms with Gasteiger partial charge in [-0.15, -0.1) is 0 Å². The molecule has 5 nitrogen and oxygen atoms in total. The van der Waals surface area contributed by atoms with Crippen molar-refractivity contribution in [2.24, 2.45) is 0 Å². The molecule has 0 aromatic heterocycles. The van der Waals surface area contributed by atoms with Gasteiger partial charge in [0.25, 0.3) is 5.91 Å². The van der Waals surface area contributed by atoms with Crippen molar-refractivity contribution >= 4 is 17.4 Å². The molecule has 1 N–H and O–H groups in total. The lowest BCUT2D eigenvalue weighted by Gasteiger charge is -2.37. The number of hydrogen-bond donors (Lipinski definition) is 1. The van der Waals surface area contributed by atoms with Crippen molar-refractivity contribution in [3.63, 3.8) is 0 Å². The van der Waals surface area contributed by atoms with Gasteiger partial charge in [-0.3, -0.25) is 9.59 Å². The third-order valence-corrected chi connectivity index (χ3v) is 6.29. The van der Waals surface area contributed by atoms with E-state index in [1.54, 1.807) is 19.2 Å². The summed E-state index contributed by atoms with van der Waals surface area (Å²) in [5.41, 5.74) is 2.99. The second kappa shape index (κ2) is 8.27. The van der Waals surface area contributed by atoms with Gasteiger partial charge in [-0.1, -0.05) is 24.3 Å². The van der Waals surface area contributed by atoms with E-state index in [-0.39, 0.29) is 17.8 Å². The summed E-state index contributed by atoms with van der Waals surface area (Å²) in [4.78, 5) is 25.2. The quantitative estimate of drug-likeness (QED) is 0.734. The number of carbonyl (C=O) groups excluding carboxylic acids is 2. The Kier molecular flexibility index (Phi) is 5.67. The van der Waals surface area contributed by atoms with Crippen LogP contribution in [-0.4, -0.2) is 30.6 Å². The highest BCUT2D eigenvalue weighted by Gasteiger charge is 2.49. The van der Waals surface area contributed by atoms with E-state index in [1.165, 1.54) is 19.1 Å². The fourth-order valence-corrected chi connectivity index (χ4v) is 4.60. The number of benzene rings is 2. The zero-order chi connectivity index (χ0) is 22.2. The van der Waals surface area contributed by atoms with Gasteiger partial charge in [-0.05, 0) is 73.1 Å². The molecule has 0 saturated heterocycles. The van der Waals surface area contributed by atoms with Crippen LogP contribution in [0.5, 0.6) is 0 Å². The molecule has 0 atom stereocenters. The molecule has 1 fully saturated rings. The van der Waals surface area contributed by atoms with Gasteiger partial charge < -0.3 is 14.8 Å². The van der Waals surface area contributed by atoms with Gasteiger partial charge >= 0.3 is 5.97 Å². The molecule has 1 amide bonds. The normalized spacial score (nSPS) is 23.2. The minimum Gasteiger partial charge on any atom is -0.428 e. The van der Waals surface area contributed by atoms with E-state index in [9.17, 15) is 14.0 Å². The summed E-state index contributed by atoms with van der Waals surface area (Å²) in [5.74, 6) is -0.602. The van der Waals surface area contributed by atoms with E-state index < -0.39 is 11.5 Å². The minimum atomic E-state index is -0.703. The first-order valence-electron chi connectivity index (χ1n) is 10.5. The van der Waals surface area contributed by atoms with Gasteiger partial charge in [0.1, 0.15) is 11.6 Å². The molecule has 0 radical (unpaired) electrons. The van der Waals surface area contributed by atoms with Crippen molar-refractivity contribution < 1.29 is 23.5 Å². The molecule has 1 saturated carbocycles. The molecular weight excluding hydrogens is 397 g/mol. The molecule has 31 heavy (non-hydrogen) atoms. The number of methoxy groups -OCH3 is 1. The Bertz CT molecular complexity index is 1050. The molecule has 1 heterocycles. The summed E-state index contributed by atoms with van der Waals surface area (Å²) in [6.07, 6.45) is 2.95. The van der Waals surface area contributed by atoms with E-state index >= 15 is 0 Å². The Balaban J connectivity index is 1.82. The predicted molar refractivity (Wildman–Crippen MR) is 115 cm³/mol. The van der Waals surface area contributed by atoms with Crippen LogP contribution in [0.4, 0.5) is 4.39 Å². The number of rotatable bonds is 4. The summed E-state index contributed by atoms with van der Waals surface area (Å²) < 4.78 is 24.5. The topological polar surface area (TPSA) is 64.6 Å². The first-order chi connectivity index (χ1) is 14.8. The van der Waals surface area contributed by atoms with Crippen LogP contribution in [0.2, 0.25) is 0 Å². The molecule has 2 aromatic carbocycles. The van der Waals surface area contributed by atoms with E-state index in [0.717, 1.165) is 29.5 Å². The number of carbonyl (C=O) groups is 2. The Labute approximate surface area is 181 Å². The molecule has 0 bridgehead atoms. The van der Waals surface area contributed by atoms with Crippen molar-refractivity contribution in [3.05, 3.63) is 65.2 Å². The summed E-state index contributed by atoms with van der Waals surface area (Å²) in [5, 5.41) is 3.12. The Morgan fingerprint density at radius 2 is 1.74 bits per heavy atom. The molecular formula is C25H26FNO4. The Morgan fingerprint density at radius 1 is 1.10 bits per heavy atom. The molecule has 1 aliphatic carbocycles. The second-order valence-corrected chi connectivity index (χ2v) is 8.31. The van der Waals surface area contributed by atoms with Crippen molar-refractivity contribution in [2.45, 2.75) is 51.2 Å². The predicted octanol–water partition coefficient (Wildman–Crippen LogP) is 4.53. The number of ether oxygens (including phenoxy) is 2. The van der Waals surface area contributed by atoms with E-state index in [4.69, 9.17) is 9.47 Å². The average molecular weight is 423 g/mol. The number of hydrogen-bond acceptors (Lipinski definition) is 4. The largest absolute Gasteiger partial charge is 0.428 e. The fraction of sp³-hybridized carbons (Fsp3) is 0.360. The van der Waals surface area contributed by atoms with E-state index in [0.29, 0.717) is 29.7 Å². The second-order valence-electron chi connectivity index (χ2n) is 8.31. The number of amides is 1. The van der Waals surface area contributed by atoms with Crippen LogP contribution in [0.1, 0.15) is 43.7 Å². The van der Waals surface area contributed by atoms with E-state index in [2.05, 4.69) is 5.32 Å². The molecule has 0 unspecified atom stereocenters. The van der Waals surface area contributed by atoms with Crippen molar-refractivity contribution in [1.29, 1.82) is 0 Å². The monoisotopic (exact) mass is 423 g/mol. The Hall–Kier alpha value is -2.99. The first-order valence-corrected chi connectivity index (χ1v) is 10.5. The van der Waals surface area contributed by atoms with Crippen molar-refractivity contribution in [3.8, 4) is 11.1 Å². The van der Waals surface area contributed by atoms with Crippen LogP contribution >= 0.6 is 0 Å². The first kappa shape index (κ1) is 21.2. The van der Waals surface area contributed by atoms with Crippen LogP contribution in [0.25, 0.3) is 16.7 Å². The molecule has 162 valence electrons. The van der Waals surface area contributed by atoms with Crippen molar-refractivity contribution in [1.82, 2.24) is 5.32 Å². The highest BCUT2D eigenvalue weighted by atomic mass is 19.1. The van der Waals surface area contributed by atoms with Gasteiger partial charge in [-0.25, -0.2) is 4.39 Å². The van der Waals surface area contributed by atoms with E-state index in [1.807, 2.05) is 25.1 Å². The number of nitrogens with one attached hydrogen (secondary N) is 1. The van der Waals surface area contributed by atoms with Crippen LogP contribution in [0, 0.1) is 12.7 Å². The minimum absolute atomic E-state index is 0.133. The van der Waals surface area contributed by atoms with Crippen molar-refractivity contribution in [2.75, 3.05) is 7.11 Å². The molecule has 2 aromatic rings. The molecule has 1 aliphatic heterocycles. The third-order valence-electron chi connectivity index (χ3n) is 6.29. The van der Waals surface area contributed by atoms with Crippen LogP contribution in [-0.2, 0) is 19.1 Å². The lowest BCUT2D eigenvalue weighted by molar-refractivity contribution is -0.138.